The van der Waals surface area contributed by atoms with Gasteiger partial charge in [-0.15, -0.1) is 0 Å². The number of nitrogens with zero attached hydrogens (tertiary/aromatic N) is 2. The summed E-state index contributed by atoms with van der Waals surface area (Å²) >= 11 is 0. The molecule has 2 heterocycles. The van der Waals surface area contributed by atoms with Crippen LogP contribution in [0.3, 0.4) is 0 Å². The smallest absolute Gasteiger partial charge is 0.0805 e. The number of anilines is 1. The van der Waals surface area contributed by atoms with Gasteiger partial charge in [0, 0.05) is 49.3 Å². The van der Waals surface area contributed by atoms with Crippen LogP contribution in [0.4, 0.5) is 5.69 Å². The second kappa shape index (κ2) is 5.34. The van der Waals surface area contributed by atoms with Gasteiger partial charge in [0.2, 0.25) is 0 Å². The monoisotopic (exact) mass is 275 g/mol. The normalized spacial score (nSPS) is 25.8. The first-order chi connectivity index (χ1) is 9.53. The number of aromatic nitrogens is 1. The van der Waals surface area contributed by atoms with E-state index in [4.69, 9.17) is 4.74 Å². The Hall–Kier alpha value is -1.13. The van der Waals surface area contributed by atoms with Crippen molar-refractivity contribution in [3.63, 3.8) is 0 Å². The average Bonchev–Trinajstić information content (AvgIpc) is 3.18. The van der Waals surface area contributed by atoms with Crippen molar-refractivity contribution in [2.75, 3.05) is 18.0 Å². The maximum absolute atomic E-state index is 6.00. The molecule has 20 heavy (non-hydrogen) atoms. The Bertz CT molecular complexity index is 471. The van der Waals surface area contributed by atoms with E-state index in [1.54, 1.807) is 0 Å². The zero-order valence-electron chi connectivity index (χ0n) is 12.7. The van der Waals surface area contributed by atoms with E-state index in [0.717, 1.165) is 25.7 Å². The molecule has 0 spiro atoms. The van der Waals surface area contributed by atoms with E-state index in [0.29, 0.717) is 0 Å². The third-order valence-electron chi connectivity index (χ3n) is 3.95. The van der Waals surface area contributed by atoms with Crippen LogP contribution in [0, 0.1) is 0 Å². The molecule has 2 aliphatic rings. The first-order valence-electron chi connectivity index (χ1n) is 7.62. The summed E-state index contributed by atoms with van der Waals surface area (Å²) in [6, 6.07) is 2.86. The molecule has 1 aliphatic carbocycles. The Kier molecular flexibility index (Phi) is 3.69. The summed E-state index contributed by atoms with van der Waals surface area (Å²) in [5, 5.41) is 3.59. The van der Waals surface area contributed by atoms with Crippen molar-refractivity contribution in [2.24, 2.45) is 0 Å². The molecule has 3 rings (SSSR count). The van der Waals surface area contributed by atoms with Crippen LogP contribution in [0.5, 0.6) is 0 Å². The lowest BCUT2D eigenvalue weighted by Gasteiger charge is -2.43. The number of hydrogen-bond donors (Lipinski definition) is 1. The predicted octanol–water partition coefficient (Wildman–Crippen LogP) is 2.34. The lowest BCUT2D eigenvalue weighted by atomic mass is 10.0. The van der Waals surface area contributed by atoms with Crippen molar-refractivity contribution in [3.05, 3.63) is 24.0 Å². The van der Waals surface area contributed by atoms with Crippen LogP contribution >= 0.6 is 0 Å². The van der Waals surface area contributed by atoms with E-state index >= 15 is 0 Å². The summed E-state index contributed by atoms with van der Waals surface area (Å²) in [6.07, 6.45) is 6.78. The standard InChI is InChI=1S/C16H25N3O/c1-12-10-19(11-16(2,3)20-12)15-6-7-17-8-13(15)9-18-14-4-5-14/h6-8,12,14,18H,4-5,9-11H2,1-3H3. The Morgan fingerprint density at radius 1 is 1.45 bits per heavy atom. The molecule has 1 aliphatic heterocycles. The molecular weight excluding hydrogens is 250 g/mol. The van der Waals surface area contributed by atoms with Crippen LogP contribution < -0.4 is 10.2 Å². The van der Waals surface area contributed by atoms with Crippen LogP contribution in [0.1, 0.15) is 39.2 Å². The molecule has 2 fully saturated rings. The summed E-state index contributed by atoms with van der Waals surface area (Å²) in [7, 11) is 0. The molecule has 0 amide bonds. The van der Waals surface area contributed by atoms with Crippen LogP contribution in [0.2, 0.25) is 0 Å². The molecule has 1 saturated heterocycles. The molecule has 0 bridgehead atoms. The molecule has 4 nitrogen and oxygen atoms in total. The second-order valence-electron chi connectivity index (χ2n) is 6.73. The van der Waals surface area contributed by atoms with Crippen LogP contribution in [-0.2, 0) is 11.3 Å². The van der Waals surface area contributed by atoms with Crippen molar-refractivity contribution in [1.82, 2.24) is 10.3 Å². The molecule has 1 unspecified atom stereocenters. The highest BCUT2D eigenvalue weighted by atomic mass is 16.5. The molecular formula is C16H25N3O. The van der Waals surface area contributed by atoms with Gasteiger partial charge in [0.25, 0.3) is 0 Å². The summed E-state index contributed by atoms with van der Waals surface area (Å²) < 4.78 is 6.00. The van der Waals surface area contributed by atoms with E-state index in [-0.39, 0.29) is 11.7 Å². The fourth-order valence-electron chi connectivity index (χ4n) is 3.04. The van der Waals surface area contributed by atoms with Gasteiger partial charge in [-0.1, -0.05) is 0 Å². The number of pyridine rings is 1. The van der Waals surface area contributed by atoms with Gasteiger partial charge in [0.05, 0.1) is 11.7 Å². The first-order valence-corrected chi connectivity index (χ1v) is 7.62. The number of morpholine rings is 1. The highest BCUT2D eigenvalue weighted by Crippen LogP contribution is 2.28. The van der Waals surface area contributed by atoms with E-state index in [1.807, 2.05) is 12.4 Å². The molecule has 1 N–H and O–H groups in total. The maximum atomic E-state index is 6.00. The van der Waals surface area contributed by atoms with Gasteiger partial charge in [-0.3, -0.25) is 4.98 Å². The summed E-state index contributed by atoms with van der Waals surface area (Å²) in [5.74, 6) is 0. The largest absolute Gasteiger partial charge is 0.369 e. The van der Waals surface area contributed by atoms with Crippen molar-refractivity contribution in [3.8, 4) is 0 Å². The zero-order chi connectivity index (χ0) is 14.2. The van der Waals surface area contributed by atoms with Crippen LogP contribution in [-0.4, -0.2) is 35.8 Å². The Morgan fingerprint density at radius 3 is 2.95 bits per heavy atom. The molecule has 0 radical (unpaired) electrons. The van der Waals surface area contributed by atoms with Crippen molar-refractivity contribution in [1.29, 1.82) is 0 Å². The molecule has 1 aromatic heterocycles. The van der Waals surface area contributed by atoms with Gasteiger partial charge in [-0.25, -0.2) is 0 Å². The molecule has 0 aromatic carbocycles. The van der Waals surface area contributed by atoms with Gasteiger partial charge in [0.1, 0.15) is 0 Å². The van der Waals surface area contributed by atoms with Crippen molar-refractivity contribution < 1.29 is 4.74 Å². The van der Waals surface area contributed by atoms with E-state index in [1.165, 1.54) is 24.1 Å². The van der Waals surface area contributed by atoms with Gasteiger partial charge >= 0.3 is 0 Å². The summed E-state index contributed by atoms with van der Waals surface area (Å²) in [5.41, 5.74) is 2.50. The Morgan fingerprint density at radius 2 is 2.25 bits per heavy atom. The molecule has 1 saturated carbocycles. The number of ether oxygens (including phenoxy) is 1. The van der Waals surface area contributed by atoms with Crippen LogP contribution in [0.15, 0.2) is 18.5 Å². The predicted molar refractivity (Wildman–Crippen MR) is 80.9 cm³/mol. The van der Waals surface area contributed by atoms with Gasteiger partial charge in [-0.05, 0) is 39.7 Å². The minimum absolute atomic E-state index is 0.0951. The van der Waals surface area contributed by atoms with Crippen molar-refractivity contribution >= 4 is 5.69 Å². The molecule has 1 aromatic rings. The Labute approximate surface area is 121 Å². The lowest BCUT2D eigenvalue weighted by Crippen LogP contribution is -2.52. The zero-order valence-corrected chi connectivity index (χ0v) is 12.7. The highest BCUT2D eigenvalue weighted by Gasteiger charge is 2.32. The van der Waals surface area contributed by atoms with Crippen LogP contribution in [0.25, 0.3) is 0 Å². The van der Waals surface area contributed by atoms with Crippen molar-refractivity contribution in [2.45, 2.75) is 57.9 Å². The van der Waals surface area contributed by atoms with E-state index < -0.39 is 0 Å². The minimum atomic E-state index is -0.0951. The third kappa shape index (κ3) is 3.30. The van der Waals surface area contributed by atoms with E-state index in [2.05, 4.69) is 42.0 Å². The first kappa shape index (κ1) is 13.8. The molecule has 4 heteroatoms. The number of rotatable bonds is 4. The highest BCUT2D eigenvalue weighted by molar-refractivity contribution is 5.53. The maximum Gasteiger partial charge on any atom is 0.0805 e. The molecule has 110 valence electrons. The number of hydrogen-bond acceptors (Lipinski definition) is 4. The lowest BCUT2D eigenvalue weighted by molar-refractivity contribution is -0.0750. The fourth-order valence-corrected chi connectivity index (χ4v) is 3.04. The van der Waals surface area contributed by atoms with E-state index in [9.17, 15) is 0 Å². The molecule has 1 atom stereocenters. The van der Waals surface area contributed by atoms with Gasteiger partial charge < -0.3 is 15.0 Å². The minimum Gasteiger partial charge on any atom is -0.369 e. The quantitative estimate of drug-likeness (QED) is 0.915. The topological polar surface area (TPSA) is 37.4 Å². The number of nitrogens with one attached hydrogen (secondary N) is 1. The fraction of sp³-hybridized carbons (Fsp3) is 0.688. The van der Waals surface area contributed by atoms with Gasteiger partial charge in [0.15, 0.2) is 0 Å². The summed E-state index contributed by atoms with van der Waals surface area (Å²) in [4.78, 5) is 6.74. The Balaban J connectivity index is 1.77. The SMILES string of the molecule is CC1CN(c2ccncc2CNC2CC2)CC(C)(C)O1. The summed E-state index contributed by atoms with van der Waals surface area (Å²) in [6.45, 7) is 9.27. The second-order valence-corrected chi connectivity index (χ2v) is 6.73. The average molecular weight is 275 g/mol. The third-order valence-corrected chi connectivity index (χ3v) is 3.95. The van der Waals surface area contributed by atoms with Gasteiger partial charge in [-0.2, -0.15) is 0 Å².